The van der Waals surface area contributed by atoms with Gasteiger partial charge in [0, 0.05) is 0 Å². The van der Waals surface area contributed by atoms with Crippen molar-refractivity contribution in [3.63, 3.8) is 0 Å². The quantitative estimate of drug-likeness (QED) is 0.393. The van der Waals surface area contributed by atoms with Gasteiger partial charge in [-0.1, -0.05) is 19.8 Å². The Labute approximate surface area is 68.6 Å². The van der Waals surface area contributed by atoms with E-state index in [1.807, 2.05) is 6.92 Å². The summed E-state index contributed by atoms with van der Waals surface area (Å²) < 4.78 is 0. The van der Waals surface area contributed by atoms with E-state index in [-0.39, 0.29) is 29.7 Å². The molecule has 0 spiro atoms. The minimum atomic E-state index is 0. The van der Waals surface area contributed by atoms with E-state index in [1.165, 1.54) is 0 Å². The Morgan fingerprint density at radius 3 is 1.75 bits per heavy atom. The average molecular weight is 126 g/mol. The van der Waals surface area contributed by atoms with E-state index in [1.54, 1.807) is 6.92 Å². The van der Waals surface area contributed by atoms with Crippen molar-refractivity contribution in [1.82, 2.24) is 0 Å². The average Bonchev–Trinajstić information content (AvgIpc) is 1.75. The van der Waals surface area contributed by atoms with E-state index in [9.17, 15) is 5.11 Å². The molecule has 46 valence electrons. The van der Waals surface area contributed by atoms with Crippen LogP contribution in [0.25, 0.3) is 0 Å². The molecule has 0 unspecified atom stereocenters. The first kappa shape index (κ1) is 15.9. The molecule has 0 heterocycles. The summed E-state index contributed by atoms with van der Waals surface area (Å²) in [5.41, 5.74) is 0. The third-order valence-corrected chi connectivity index (χ3v) is 0.498. The molecule has 0 aromatic carbocycles. The van der Waals surface area contributed by atoms with Crippen LogP contribution in [0, 0.1) is 6.92 Å². The van der Waals surface area contributed by atoms with Crippen molar-refractivity contribution in [2.75, 3.05) is 6.61 Å². The van der Waals surface area contributed by atoms with Crippen LogP contribution >= 0.6 is 0 Å². The molecule has 0 amide bonds. The summed E-state index contributed by atoms with van der Waals surface area (Å²) in [5.74, 6) is 0. The Hall–Kier alpha value is 0.726. The molecule has 0 aliphatic carbocycles. The fraction of sp³-hybridized carbons (Fsp3) is 0.833. The summed E-state index contributed by atoms with van der Waals surface area (Å²) in [4.78, 5) is 0. The van der Waals surface area contributed by atoms with E-state index in [0.717, 1.165) is 12.8 Å². The van der Waals surface area contributed by atoms with Gasteiger partial charge in [-0.2, -0.15) is 6.92 Å². The molecule has 0 fully saturated rings. The third-order valence-electron chi connectivity index (χ3n) is 0.498. The fourth-order valence-corrected chi connectivity index (χ4v) is 0.144. The van der Waals surface area contributed by atoms with Crippen LogP contribution in [-0.2, 0) is 0 Å². The number of unbranched alkanes of at least 4 members (excludes halogenated alkanes) is 1. The van der Waals surface area contributed by atoms with Gasteiger partial charge in [0.2, 0.25) is 0 Å². The topological polar surface area (TPSA) is 23.1 Å². The molecule has 0 aromatic rings. The van der Waals surface area contributed by atoms with Crippen LogP contribution in [0.4, 0.5) is 0 Å². The molecule has 0 aromatic heterocycles. The zero-order valence-electron chi connectivity index (χ0n) is 5.94. The Balaban J connectivity index is -0.0000000750. The monoisotopic (exact) mass is 126 g/mol. The predicted molar refractivity (Wildman–Crippen MR) is 36.6 cm³/mol. The summed E-state index contributed by atoms with van der Waals surface area (Å²) in [6.07, 6.45) is 1.86. The molecule has 0 bridgehead atoms. The van der Waals surface area contributed by atoms with Crippen molar-refractivity contribution in [1.29, 1.82) is 0 Å². The second-order valence-electron chi connectivity index (χ2n) is 1.06. The molecular formula is C6H14MgO. The molecule has 0 aliphatic heterocycles. The molecule has 0 atom stereocenters. The SMILES string of the molecule is CCCC[O-].[CH2-]C.[Mg+2]. The third kappa shape index (κ3) is 29.7. The molecule has 8 heavy (non-hydrogen) atoms. The van der Waals surface area contributed by atoms with Gasteiger partial charge in [-0.3, -0.25) is 0 Å². The van der Waals surface area contributed by atoms with Crippen molar-refractivity contribution in [3.8, 4) is 0 Å². The Morgan fingerprint density at radius 2 is 1.75 bits per heavy atom. The Kier molecular flexibility index (Phi) is 50.0. The number of hydrogen-bond donors (Lipinski definition) is 0. The van der Waals surface area contributed by atoms with Gasteiger partial charge >= 0.3 is 23.1 Å². The zero-order valence-corrected chi connectivity index (χ0v) is 7.36. The molecule has 0 aliphatic rings. The molecule has 1 nitrogen and oxygen atoms in total. The van der Waals surface area contributed by atoms with Crippen LogP contribution in [-0.4, -0.2) is 29.7 Å². The first-order valence-corrected chi connectivity index (χ1v) is 2.70. The van der Waals surface area contributed by atoms with Crippen molar-refractivity contribution in [2.24, 2.45) is 0 Å². The van der Waals surface area contributed by atoms with Crippen LogP contribution < -0.4 is 5.11 Å². The molecule has 0 rings (SSSR count). The van der Waals surface area contributed by atoms with Gasteiger partial charge in [-0.15, -0.1) is 6.61 Å². The molecule has 0 N–H and O–H groups in total. The second kappa shape index (κ2) is 25.2. The first-order chi connectivity index (χ1) is 3.41. The van der Waals surface area contributed by atoms with Crippen LogP contribution in [0.15, 0.2) is 0 Å². The Bertz CT molecular complexity index is 16.0. The van der Waals surface area contributed by atoms with Gasteiger partial charge in [-0.25, -0.2) is 0 Å². The summed E-state index contributed by atoms with van der Waals surface area (Å²) in [6, 6.07) is 0. The van der Waals surface area contributed by atoms with E-state index in [0.29, 0.717) is 0 Å². The molecule has 0 saturated carbocycles. The van der Waals surface area contributed by atoms with Crippen LogP contribution in [0.5, 0.6) is 0 Å². The summed E-state index contributed by atoms with van der Waals surface area (Å²) in [6.45, 7) is 7.11. The fourth-order valence-electron chi connectivity index (χ4n) is 0.144. The van der Waals surface area contributed by atoms with E-state index in [4.69, 9.17) is 0 Å². The standard InChI is InChI=1S/C4H9O.C2H5.Mg/c1-2-3-4-5;1-2;/h2-4H2,1H3;1H2,2H3;/q2*-1;+2. The summed E-state index contributed by atoms with van der Waals surface area (Å²) in [7, 11) is 0. The smallest absolute Gasteiger partial charge is 0.854 e. The maximum absolute atomic E-state index is 9.53. The van der Waals surface area contributed by atoms with E-state index < -0.39 is 0 Å². The number of rotatable bonds is 2. The summed E-state index contributed by atoms with van der Waals surface area (Å²) in [5, 5.41) is 9.53. The van der Waals surface area contributed by atoms with E-state index >= 15 is 0 Å². The minimum absolute atomic E-state index is 0. The maximum atomic E-state index is 9.53. The Morgan fingerprint density at radius 1 is 1.38 bits per heavy atom. The molecule has 2 heteroatoms. The van der Waals surface area contributed by atoms with Gasteiger partial charge in [-0.05, 0) is 0 Å². The van der Waals surface area contributed by atoms with Gasteiger partial charge in [0.15, 0.2) is 0 Å². The van der Waals surface area contributed by atoms with Crippen molar-refractivity contribution < 1.29 is 5.11 Å². The summed E-state index contributed by atoms with van der Waals surface area (Å²) >= 11 is 0. The second-order valence-corrected chi connectivity index (χ2v) is 1.06. The zero-order chi connectivity index (χ0) is 6.12. The minimum Gasteiger partial charge on any atom is -0.854 e. The van der Waals surface area contributed by atoms with Crippen LogP contribution in [0.2, 0.25) is 0 Å². The van der Waals surface area contributed by atoms with Gasteiger partial charge in [0.1, 0.15) is 0 Å². The van der Waals surface area contributed by atoms with Crippen molar-refractivity contribution in [3.05, 3.63) is 6.92 Å². The first-order valence-electron chi connectivity index (χ1n) is 2.70. The predicted octanol–water partition coefficient (Wildman–Crippen LogP) is 0.606. The van der Waals surface area contributed by atoms with Gasteiger partial charge in [0.05, 0.1) is 0 Å². The molecule has 0 radical (unpaired) electrons. The normalized spacial score (nSPS) is 6.00. The van der Waals surface area contributed by atoms with Crippen molar-refractivity contribution >= 4 is 23.1 Å². The number of hydrogen-bond acceptors (Lipinski definition) is 1. The van der Waals surface area contributed by atoms with Crippen LogP contribution in [0.1, 0.15) is 26.7 Å². The molecule has 0 saturated heterocycles. The van der Waals surface area contributed by atoms with Gasteiger partial charge in [0.25, 0.3) is 0 Å². The largest absolute Gasteiger partial charge is 2.00 e. The van der Waals surface area contributed by atoms with Crippen molar-refractivity contribution in [2.45, 2.75) is 26.7 Å². The maximum Gasteiger partial charge on any atom is 2.00 e. The van der Waals surface area contributed by atoms with E-state index in [2.05, 4.69) is 6.92 Å². The van der Waals surface area contributed by atoms with Crippen LogP contribution in [0.3, 0.4) is 0 Å². The molecular weight excluding hydrogens is 112 g/mol. The van der Waals surface area contributed by atoms with Gasteiger partial charge < -0.3 is 12.0 Å².